The Labute approximate surface area is 177 Å². The van der Waals surface area contributed by atoms with Crippen LogP contribution in [0.15, 0.2) is 30.5 Å². The number of hydrogen-bond acceptors (Lipinski definition) is 3. The van der Waals surface area contributed by atoms with Gasteiger partial charge in [0.05, 0.1) is 6.04 Å². The SMILES string of the molecule is Cn1nc(C(F)(F)F)cc1C(=O)NC1CCCc2cc(-c3ccnc(C(F)(F)F)c3)[nH]c21. The summed E-state index contributed by atoms with van der Waals surface area (Å²) >= 11 is 0. The molecule has 2 N–H and O–H groups in total. The van der Waals surface area contributed by atoms with Gasteiger partial charge in [-0.2, -0.15) is 31.4 Å². The molecule has 1 aliphatic rings. The lowest BCUT2D eigenvalue weighted by molar-refractivity contribution is -0.142. The monoisotopic (exact) mass is 457 g/mol. The van der Waals surface area contributed by atoms with Crippen molar-refractivity contribution in [3.63, 3.8) is 0 Å². The van der Waals surface area contributed by atoms with Gasteiger partial charge in [-0.05, 0) is 43.0 Å². The second-order valence-electron chi connectivity index (χ2n) is 7.50. The number of rotatable bonds is 3. The third-order valence-corrected chi connectivity index (χ3v) is 5.29. The summed E-state index contributed by atoms with van der Waals surface area (Å²) in [5.41, 5.74) is -0.289. The van der Waals surface area contributed by atoms with E-state index in [4.69, 9.17) is 0 Å². The van der Waals surface area contributed by atoms with E-state index < -0.39 is 35.7 Å². The molecule has 170 valence electrons. The molecule has 3 aromatic heterocycles. The molecule has 3 aromatic rings. The van der Waals surface area contributed by atoms with Gasteiger partial charge in [-0.25, -0.2) is 0 Å². The maximum atomic E-state index is 13.0. The molecule has 4 rings (SSSR count). The highest BCUT2D eigenvalue weighted by Gasteiger charge is 2.36. The van der Waals surface area contributed by atoms with Gasteiger partial charge in [-0.1, -0.05) is 0 Å². The second kappa shape index (κ2) is 7.68. The molecule has 12 heteroatoms. The van der Waals surface area contributed by atoms with Gasteiger partial charge in [0.25, 0.3) is 5.91 Å². The molecule has 0 aromatic carbocycles. The van der Waals surface area contributed by atoms with Crippen molar-refractivity contribution in [2.75, 3.05) is 0 Å². The van der Waals surface area contributed by atoms with E-state index in [0.717, 1.165) is 22.5 Å². The summed E-state index contributed by atoms with van der Waals surface area (Å²) in [6.07, 6.45) is -6.33. The lowest BCUT2D eigenvalue weighted by Crippen LogP contribution is -2.32. The third-order valence-electron chi connectivity index (χ3n) is 5.29. The lowest BCUT2D eigenvalue weighted by atomic mass is 9.93. The molecule has 6 nitrogen and oxygen atoms in total. The van der Waals surface area contributed by atoms with Gasteiger partial charge in [0.2, 0.25) is 0 Å². The van der Waals surface area contributed by atoms with Gasteiger partial charge in [0, 0.05) is 36.3 Å². The zero-order valence-corrected chi connectivity index (χ0v) is 16.6. The number of aromatic nitrogens is 4. The number of alkyl halides is 6. The number of fused-ring (bicyclic) bond motifs is 1. The van der Waals surface area contributed by atoms with Crippen molar-refractivity contribution in [2.24, 2.45) is 7.05 Å². The van der Waals surface area contributed by atoms with Crippen LogP contribution in [0.5, 0.6) is 0 Å². The van der Waals surface area contributed by atoms with Gasteiger partial charge < -0.3 is 10.3 Å². The first kappa shape index (κ1) is 21.9. The number of carbonyl (C=O) groups is 1. The smallest absolute Gasteiger partial charge is 0.356 e. The summed E-state index contributed by atoms with van der Waals surface area (Å²) in [4.78, 5) is 19.0. The normalized spacial score (nSPS) is 16.7. The summed E-state index contributed by atoms with van der Waals surface area (Å²) in [5, 5.41) is 6.04. The van der Waals surface area contributed by atoms with Crippen LogP contribution in [-0.2, 0) is 25.8 Å². The number of nitrogens with zero attached hydrogens (tertiary/aromatic N) is 3. The zero-order chi connectivity index (χ0) is 23.3. The largest absolute Gasteiger partial charge is 0.435 e. The molecule has 0 radical (unpaired) electrons. The van der Waals surface area contributed by atoms with Crippen LogP contribution in [0.3, 0.4) is 0 Å². The molecule has 1 aliphatic carbocycles. The fourth-order valence-corrected chi connectivity index (χ4v) is 3.78. The maximum absolute atomic E-state index is 13.0. The van der Waals surface area contributed by atoms with Crippen molar-refractivity contribution in [3.8, 4) is 11.3 Å². The van der Waals surface area contributed by atoms with E-state index >= 15 is 0 Å². The van der Waals surface area contributed by atoms with Gasteiger partial charge >= 0.3 is 12.4 Å². The summed E-state index contributed by atoms with van der Waals surface area (Å²) in [7, 11) is 1.24. The quantitative estimate of drug-likeness (QED) is 0.562. The van der Waals surface area contributed by atoms with E-state index in [2.05, 4.69) is 20.4 Å². The molecule has 32 heavy (non-hydrogen) atoms. The number of hydrogen-bond donors (Lipinski definition) is 2. The second-order valence-corrected chi connectivity index (χ2v) is 7.50. The first-order valence-corrected chi connectivity index (χ1v) is 9.61. The number of aromatic amines is 1. The Kier molecular flexibility index (Phi) is 5.25. The highest BCUT2D eigenvalue weighted by Crippen LogP contribution is 2.35. The molecule has 1 unspecified atom stereocenters. The van der Waals surface area contributed by atoms with Crippen LogP contribution >= 0.6 is 0 Å². The van der Waals surface area contributed by atoms with Crippen LogP contribution in [0.4, 0.5) is 26.3 Å². The van der Waals surface area contributed by atoms with Crippen LogP contribution in [-0.4, -0.2) is 25.7 Å². The van der Waals surface area contributed by atoms with Crippen molar-refractivity contribution < 1.29 is 31.1 Å². The number of aryl methyl sites for hydroxylation is 2. The predicted octanol–water partition coefficient (Wildman–Crippen LogP) is 4.66. The van der Waals surface area contributed by atoms with E-state index in [1.54, 1.807) is 6.07 Å². The average Bonchev–Trinajstić information content (AvgIpc) is 3.32. The fourth-order valence-electron chi connectivity index (χ4n) is 3.78. The number of halogens is 6. The van der Waals surface area contributed by atoms with Crippen LogP contribution in [0, 0.1) is 0 Å². The van der Waals surface area contributed by atoms with Crippen LogP contribution in [0.1, 0.15) is 52.0 Å². The van der Waals surface area contributed by atoms with Crippen molar-refractivity contribution in [1.29, 1.82) is 0 Å². The Morgan fingerprint density at radius 1 is 1.12 bits per heavy atom. The first-order valence-electron chi connectivity index (χ1n) is 9.61. The fraction of sp³-hybridized carbons (Fsp3) is 0.350. The van der Waals surface area contributed by atoms with Crippen LogP contribution < -0.4 is 5.32 Å². The molecule has 0 spiro atoms. The average molecular weight is 457 g/mol. The Balaban J connectivity index is 1.60. The van der Waals surface area contributed by atoms with Gasteiger partial charge in [0.1, 0.15) is 11.4 Å². The standard InChI is InChI=1S/C20H17F6N5O/c1-31-14(9-16(30-31)20(24,25)26)18(32)29-12-4-2-3-11-7-13(28-17(11)12)10-5-6-27-15(8-10)19(21,22)23/h5-9,12,28H,2-4H2,1H3,(H,29,32). The lowest BCUT2D eigenvalue weighted by Gasteiger charge is -2.23. The molecule has 1 atom stereocenters. The maximum Gasteiger partial charge on any atom is 0.435 e. The third kappa shape index (κ3) is 4.21. The van der Waals surface area contributed by atoms with Crippen molar-refractivity contribution >= 4 is 5.91 Å². The molecule has 3 heterocycles. The van der Waals surface area contributed by atoms with Crippen molar-refractivity contribution in [3.05, 3.63) is 58.8 Å². The van der Waals surface area contributed by atoms with Crippen molar-refractivity contribution in [1.82, 2.24) is 25.1 Å². The summed E-state index contributed by atoms with van der Waals surface area (Å²) in [5.74, 6) is -0.729. The summed E-state index contributed by atoms with van der Waals surface area (Å²) in [6, 6.07) is 4.23. The molecule has 0 saturated heterocycles. The number of amides is 1. The molecule has 0 aliphatic heterocycles. The van der Waals surface area contributed by atoms with Crippen LogP contribution in [0.2, 0.25) is 0 Å². The summed E-state index contributed by atoms with van der Waals surface area (Å²) < 4.78 is 78.5. The Bertz CT molecular complexity index is 1160. The summed E-state index contributed by atoms with van der Waals surface area (Å²) in [6.45, 7) is 0. The van der Waals surface area contributed by atoms with Crippen molar-refractivity contribution in [2.45, 2.75) is 37.7 Å². The van der Waals surface area contributed by atoms with E-state index in [9.17, 15) is 31.1 Å². The zero-order valence-electron chi connectivity index (χ0n) is 16.6. The van der Waals surface area contributed by atoms with E-state index in [1.165, 1.54) is 13.1 Å². The van der Waals surface area contributed by atoms with Gasteiger partial charge in [-0.15, -0.1) is 0 Å². The Hall–Kier alpha value is -3.31. The van der Waals surface area contributed by atoms with E-state index in [0.29, 0.717) is 36.7 Å². The highest BCUT2D eigenvalue weighted by molar-refractivity contribution is 5.93. The predicted molar refractivity (Wildman–Crippen MR) is 100 cm³/mol. The van der Waals surface area contributed by atoms with Crippen LogP contribution in [0.25, 0.3) is 11.3 Å². The highest BCUT2D eigenvalue weighted by atomic mass is 19.4. The first-order chi connectivity index (χ1) is 14.9. The molecule has 0 fully saturated rings. The molecule has 0 saturated carbocycles. The molecule has 0 bridgehead atoms. The number of H-pyrrole nitrogens is 1. The van der Waals surface area contributed by atoms with Gasteiger partial charge in [-0.3, -0.25) is 14.5 Å². The Morgan fingerprint density at radius 2 is 1.84 bits per heavy atom. The van der Waals surface area contributed by atoms with E-state index in [1.807, 2.05) is 0 Å². The molecular formula is C20H17F6N5O. The minimum absolute atomic E-state index is 0.250. The number of carbonyl (C=O) groups excluding carboxylic acids is 1. The van der Waals surface area contributed by atoms with E-state index in [-0.39, 0.29) is 11.3 Å². The molecular weight excluding hydrogens is 440 g/mol. The van der Waals surface area contributed by atoms with Gasteiger partial charge in [0.15, 0.2) is 5.69 Å². The minimum Gasteiger partial charge on any atom is -0.356 e. The number of nitrogens with one attached hydrogen (secondary N) is 2. The number of pyridine rings is 1. The minimum atomic E-state index is -4.68. The Morgan fingerprint density at radius 3 is 2.50 bits per heavy atom. The molecule has 1 amide bonds. The topological polar surface area (TPSA) is 75.6 Å².